The minimum atomic E-state index is -0.000668. The zero-order chi connectivity index (χ0) is 15.0. The van der Waals surface area contributed by atoms with Gasteiger partial charge in [-0.2, -0.15) is 5.10 Å². The van der Waals surface area contributed by atoms with Gasteiger partial charge < -0.3 is 9.47 Å². The second kappa shape index (κ2) is 5.41. The van der Waals surface area contributed by atoms with Gasteiger partial charge in [-0.25, -0.2) is 0 Å². The molecule has 0 N–H and O–H groups in total. The highest BCUT2D eigenvalue weighted by molar-refractivity contribution is 6.31. The van der Waals surface area contributed by atoms with Gasteiger partial charge in [-0.3, -0.25) is 9.48 Å². The minimum absolute atomic E-state index is 0.000668. The number of carbonyl (C=O) groups is 1. The number of aryl methyl sites for hydroxylation is 2. The van der Waals surface area contributed by atoms with Crippen molar-refractivity contribution in [2.45, 2.75) is 27.0 Å². The van der Waals surface area contributed by atoms with Gasteiger partial charge >= 0.3 is 0 Å². The number of ether oxygens (including phenoxy) is 2. The van der Waals surface area contributed by atoms with E-state index in [1.165, 1.54) is 0 Å². The van der Waals surface area contributed by atoms with Crippen LogP contribution < -0.4 is 9.47 Å². The third kappa shape index (κ3) is 2.49. The van der Waals surface area contributed by atoms with Crippen LogP contribution in [-0.2, 0) is 13.2 Å². The molecular formula is C15H15ClN2O3. The van der Waals surface area contributed by atoms with Crippen LogP contribution in [0.3, 0.4) is 0 Å². The monoisotopic (exact) mass is 306 g/mol. The molecule has 21 heavy (non-hydrogen) atoms. The molecule has 2 heterocycles. The second-order valence-electron chi connectivity index (χ2n) is 4.82. The first-order valence-electron chi connectivity index (χ1n) is 6.74. The molecule has 0 saturated carbocycles. The van der Waals surface area contributed by atoms with E-state index >= 15 is 0 Å². The van der Waals surface area contributed by atoms with E-state index in [1.807, 2.05) is 18.5 Å². The fraction of sp³-hybridized carbons (Fsp3) is 0.333. The van der Waals surface area contributed by atoms with Crippen LogP contribution in [0.5, 0.6) is 11.5 Å². The molecule has 3 rings (SSSR count). The molecule has 0 atom stereocenters. The zero-order valence-corrected chi connectivity index (χ0v) is 12.6. The van der Waals surface area contributed by atoms with Crippen LogP contribution in [0.2, 0.25) is 5.02 Å². The Bertz CT molecular complexity index is 709. The third-order valence-corrected chi connectivity index (χ3v) is 3.93. The number of carbonyl (C=O) groups excluding carboxylic acids is 1. The number of halogens is 1. The summed E-state index contributed by atoms with van der Waals surface area (Å²) in [6.45, 7) is 5.02. The number of hydrogen-bond donors (Lipinski definition) is 0. The highest BCUT2D eigenvalue weighted by atomic mass is 35.5. The van der Waals surface area contributed by atoms with Crippen LogP contribution in [0.15, 0.2) is 18.2 Å². The van der Waals surface area contributed by atoms with Gasteiger partial charge in [0.05, 0.1) is 22.0 Å². The van der Waals surface area contributed by atoms with Crippen molar-refractivity contribution < 1.29 is 14.3 Å². The Hall–Kier alpha value is -2.01. The molecule has 0 amide bonds. The largest absolute Gasteiger partial charge is 0.487 e. The molecular weight excluding hydrogens is 292 g/mol. The maximum atomic E-state index is 11.5. The van der Waals surface area contributed by atoms with E-state index < -0.39 is 0 Å². The molecule has 0 bridgehead atoms. The molecule has 0 saturated heterocycles. The first-order chi connectivity index (χ1) is 10.1. The Labute approximate surface area is 127 Å². The fourth-order valence-electron chi connectivity index (χ4n) is 2.32. The van der Waals surface area contributed by atoms with Crippen LogP contribution in [0.1, 0.15) is 28.7 Å². The lowest BCUT2D eigenvalue weighted by Crippen LogP contribution is -2.06. The Morgan fingerprint density at radius 2 is 2.29 bits per heavy atom. The van der Waals surface area contributed by atoms with Crippen LogP contribution in [0, 0.1) is 6.92 Å². The molecule has 0 fully saturated rings. The summed E-state index contributed by atoms with van der Waals surface area (Å²) in [6, 6.07) is 5.22. The van der Waals surface area contributed by atoms with Gasteiger partial charge in [-0.1, -0.05) is 11.6 Å². The van der Waals surface area contributed by atoms with E-state index in [0.717, 1.165) is 17.9 Å². The van der Waals surface area contributed by atoms with Gasteiger partial charge in [0.15, 0.2) is 6.61 Å². The first-order valence-corrected chi connectivity index (χ1v) is 7.12. The van der Waals surface area contributed by atoms with Gasteiger partial charge in [0.25, 0.3) is 0 Å². The van der Waals surface area contributed by atoms with Crippen molar-refractivity contribution in [2.75, 3.05) is 6.61 Å². The summed E-state index contributed by atoms with van der Waals surface area (Å²) < 4.78 is 12.9. The van der Waals surface area contributed by atoms with Crippen molar-refractivity contribution in [1.82, 2.24) is 9.78 Å². The summed E-state index contributed by atoms with van der Waals surface area (Å²) in [5.41, 5.74) is 2.24. The molecule has 1 aliphatic rings. The summed E-state index contributed by atoms with van der Waals surface area (Å²) in [7, 11) is 0. The van der Waals surface area contributed by atoms with E-state index in [2.05, 4.69) is 5.10 Å². The average Bonchev–Trinajstić information content (AvgIpc) is 2.98. The van der Waals surface area contributed by atoms with Crippen LogP contribution in [0.25, 0.3) is 0 Å². The SMILES string of the molecule is CCn1nc(C)c(Cl)c1COc1ccc2c(c1)OCC2=O. The van der Waals surface area contributed by atoms with E-state index in [9.17, 15) is 4.79 Å². The molecule has 0 aliphatic carbocycles. The highest BCUT2D eigenvalue weighted by Crippen LogP contribution is 2.30. The summed E-state index contributed by atoms with van der Waals surface area (Å²) in [6.07, 6.45) is 0. The van der Waals surface area contributed by atoms with Crippen LogP contribution in [-0.4, -0.2) is 22.2 Å². The standard InChI is InChI=1S/C15H15ClN2O3/c1-3-18-12(15(16)9(2)17-18)7-20-10-4-5-11-13(19)8-21-14(11)6-10/h4-6H,3,7-8H2,1-2H3. The van der Waals surface area contributed by atoms with Crippen molar-refractivity contribution in [3.05, 3.63) is 40.2 Å². The molecule has 2 aromatic rings. The number of ketones is 1. The number of benzene rings is 1. The lowest BCUT2D eigenvalue weighted by atomic mass is 10.1. The number of hydrogen-bond acceptors (Lipinski definition) is 4. The van der Waals surface area contributed by atoms with E-state index in [4.69, 9.17) is 21.1 Å². The molecule has 0 radical (unpaired) electrons. The molecule has 110 valence electrons. The van der Waals surface area contributed by atoms with Crippen molar-refractivity contribution in [3.8, 4) is 11.5 Å². The summed E-state index contributed by atoms with van der Waals surface area (Å²) in [4.78, 5) is 11.5. The number of fused-ring (bicyclic) bond motifs is 1. The topological polar surface area (TPSA) is 53.4 Å². The number of Topliss-reactive ketones (excluding diaryl/α,β-unsaturated/α-hetero) is 1. The van der Waals surface area contributed by atoms with Gasteiger partial charge in [0, 0.05) is 12.6 Å². The Kier molecular flexibility index (Phi) is 3.59. The van der Waals surface area contributed by atoms with Crippen LogP contribution in [0.4, 0.5) is 0 Å². The lowest BCUT2D eigenvalue weighted by molar-refractivity contribution is 0.0961. The normalized spacial score (nSPS) is 13.2. The predicted molar refractivity (Wildman–Crippen MR) is 78.2 cm³/mol. The van der Waals surface area contributed by atoms with Crippen molar-refractivity contribution >= 4 is 17.4 Å². The van der Waals surface area contributed by atoms with Crippen molar-refractivity contribution in [2.24, 2.45) is 0 Å². The molecule has 0 spiro atoms. The number of nitrogens with zero attached hydrogens (tertiary/aromatic N) is 2. The van der Waals surface area contributed by atoms with E-state index in [-0.39, 0.29) is 12.4 Å². The maximum absolute atomic E-state index is 11.5. The molecule has 1 aliphatic heterocycles. The van der Waals surface area contributed by atoms with Crippen molar-refractivity contribution in [1.29, 1.82) is 0 Å². The predicted octanol–water partition coefficient (Wildman–Crippen LogP) is 3.02. The van der Waals surface area contributed by atoms with Gasteiger partial charge in [-0.05, 0) is 26.0 Å². The Balaban J connectivity index is 1.78. The highest BCUT2D eigenvalue weighted by Gasteiger charge is 2.21. The van der Waals surface area contributed by atoms with Crippen LogP contribution >= 0.6 is 11.6 Å². The summed E-state index contributed by atoms with van der Waals surface area (Å²) >= 11 is 6.24. The summed E-state index contributed by atoms with van der Waals surface area (Å²) in [5.74, 6) is 1.21. The third-order valence-electron chi connectivity index (χ3n) is 3.44. The number of aromatic nitrogens is 2. The lowest BCUT2D eigenvalue weighted by Gasteiger charge is -2.09. The fourth-order valence-corrected chi connectivity index (χ4v) is 2.51. The second-order valence-corrected chi connectivity index (χ2v) is 5.20. The average molecular weight is 307 g/mol. The maximum Gasteiger partial charge on any atom is 0.203 e. The van der Waals surface area contributed by atoms with E-state index in [0.29, 0.717) is 28.7 Å². The smallest absolute Gasteiger partial charge is 0.203 e. The number of rotatable bonds is 4. The van der Waals surface area contributed by atoms with Gasteiger partial charge in [0.2, 0.25) is 5.78 Å². The summed E-state index contributed by atoms with van der Waals surface area (Å²) in [5, 5.41) is 4.97. The minimum Gasteiger partial charge on any atom is -0.487 e. The van der Waals surface area contributed by atoms with Gasteiger partial charge in [0.1, 0.15) is 18.1 Å². The zero-order valence-electron chi connectivity index (χ0n) is 11.9. The molecule has 5 nitrogen and oxygen atoms in total. The Morgan fingerprint density at radius 1 is 1.48 bits per heavy atom. The Morgan fingerprint density at radius 3 is 3.05 bits per heavy atom. The first kappa shape index (κ1) is 13.9. The van der Waals surface area contributed by atoms with E-state index in [1.54, 1.807) is 18.2 Å². The quantitative estimate of drug-likeness (QED) is 0.871. The molecule has 1 aromatic heterocycles. The molecule has 6 heteroatoms. The van der Waals surface area contributed by atoms with Gasteiger partial charge in [-0.15, -0.1) is 0 Å². The van der Waals surface area contributed by atoms with Crippen molar-refractivity contribution in [3.63, 3.8) is 0 Å². The molecule has 1 aromatic carbocycles. The molecule has 0 unspecified atom stereocenters.